The fourth-order valence-corrected chi connectivity index (χ4v) is 3.40. The molecular weight excluding hydrogens is 292 g/mol. The number of rotatable bonds is 7. The molecule has 118 valence electrons. The van der Waals surface area contributed by atoms with E-state index in [2.05, 4.69) is 41.5 Å². The first kappa shape index (κ1) is 16.7. The third-order valence-electron chi connectivity index (χ3n) is 3.58. The molecule has 0 atom stereocenters. The summed E-state index contributed by atoms with van der Waals surface area (Å²) in [5.41, 5.74) is 2.14. The molecule has 0 saturated heterocycles. The molecule has 0 saturated carbocycles. The highest BCUT2D eigenvalue weighted by molar-refractivity contribution is 7.12. The summed E-state index contributed by atoms with van der Waals surface area (Å²) in [5.74, 6) is 0.0487. The number of aryl methyl sites for hydroxylation is 2. The molecule has 0 spiro atoms. The van der Waals surface area contributed by atoms with Crippen LogP contribution in [0.25, 0.3) is 0 Å². The Bertz CT molecular complexity index is 607. The first-order valence-electron chi connectivity index (χ1n) is 7.64. The number of nitrogens with one attached hydrogen (secondary N) is 1. The molecule has 1 amide bonds. The van der Waals surface area contributed by atoms with Gasteiger partial charge in [-0.05, 0) is 45.5 Å². The molecule has 1 aromatic carbocycles. The van der Waals surface area contributed by atoms with Crippen molar-refractivity contribution in [3.8, 4) is 0 Å². The normalized spacial score (nSPS) is 10.9. The summed E-state index contributed by atoms with van der Waals surface area (Å²) >= 11 is 1.67. The van der Waals surface area contributed by atoms with E-state index in [9.17, 15) is 4.79 Å². The fraction of sp³-hybridized carbons (Fsp3) is 0.389. The lowest BCUT2D eigenvalue weighted by molar-refractivity contribution is 0.0952. The maximum absolute atomic E-state index is 12.1. The van der Waals surface area contributed by atoms with Crippen LogP contribution in [-0.2, 0) is 6.54 Å². The van der Waals surface area contributed by atoms with Crippen molar-refractivity contribution in [2.45, 2.75) is 26.8 Å². The molecule has 4 heteroatoms. The summed E-state index contributed by atoms with van der Waals surface area (Å²) in [6, 6.07) is 12.4. The van der Waals surface area contributed by atoms with Gasteiger partial charge in [0, 0.05) is 22.8 Å². The van der Waals surface area contributed by atoms with Gasteiger partial charge < -0.3 is 10.2 Å². The van der Waals surface area contributed by atoms with E-state index < -0.39 is 0 Å². The Balaban J connectivity index is 1.68. The number of thiophene rings is 1. The SMILES string of the molecule is Cc1cc(C(=O)NCCCN(C)Cc2ccccc2)c(C)s1. The molecule has 0 aliphatic heterocycles. The van der Waals surface area contributed by atoms with Crippen molar-refractivity contribution >= 4 is 17.2 Å². The zero-order valence-electron chi connectivity index (χ0n) is 13.6. The van der Waals surface area contributed by atoms with Crippen molar-refractivity contribution in [1.29, 1.82) is 0 Å². The standard InChI is InChI=1S/C18H24N2OS/c1-14-12-17(15(2)22-14)18(21)19-10-7-11-20(3)13-16-8-5-4-6-9-16/h4-6,8-9,12H,7,10-11,13H2,1-3H3,(H,19,21). The quantitative estimate of drug-likeness (QED) is 0.791. The molecule has 0 radical (unpaired) electrons. The van der Waals surface area contributed by atoms with Crippen molar-refractivity contribution in [1.82, 2.24) is 10.2 Å². The number of carbonyl (C=O) groups is 1. The predicted octanol–water partition coefficient (Wildman–Crippen LogP) is 3.62. The smallest absolute Gasteiger partial charge is 0.252 e. The van der Waals surface area contributed by atoms with Crippen LogP contribution in [0.1, 0.15) is 32.1 Å². The van der Waals surface area contributed by atoms with Crippen LogP contribution < -0.4 is 5.32 Å². The second-order valence-corrected chi connectivity index (χ2v) is 7.12. The van der Waals surface area contributed by atoms with E-state index in [0.29, 0.717) is 6.54 Å². The van der Waals surface area contributed by atoms with Crippen LogP contribution in [0.5, 0.6) is 0 Å². The van der Waals surface area contributed by atoms with Crippen molar-refractivity contribution in [2.75, 3.05) is 20.1 Å². The predicted molar refractivity (Wildman–Crippen MR) is 93.5 cm³/mol. The number of hydrogen-bond acceptors (Lipinski definition) is 3. The van der Waals surface area contributed by atoms with Gasteiger partial charge in [0.2, 0.25) is 0 Å². The van der Waals surface area contributed by atoms with Gasteiger partial charge in [0.1, 0.15) is 0 Å². The van der Waals surface area contributed by atoms with E-state index in [1.165, 1.54) is 10.4 Å². The Labute approximate surface area is 137 Å². The summed E-state index contributed by atoms with van der Waals surface area (Å²) in [7, 11) is 2.11. The number of carbonyl (C=O) groups excluding carboxylic acids is 1. The lowest BCUT2D eigenvalue weighted by Gasteiger charge is -2.16. The summed E-state index contributed by atoms with van der Waals surface area (Å²) in [5, 5.41) is 3.01. The van der Waals surface area contributed by atoms with E-state index in [0.717, 1.165) is 30.0 Å². The summed E-state index contributed by atoms with van der Waals surface area (Å²) < 4.78 is 0. The number of amides is 1. The molecule has 0 aliphatic rings. The zero-order chi connectivity index (χ0) is 15.9. The van der Waals surface area contributed by atoms with Crippen LogP contribution in [0.2, 0.25) is 0 Å². The Kier molecular flexibility index (Phi) is 6.16. The van der Waals surface area contributed by atoms with Gasteiger partial charge in [-0.15, -0.1) is 11.3 Å². The van der Waals surface area contributed by atoms with E-state index >= 15 is 0 Å². The third-order valence-corrected chi connectivity index (χ3v) is 4.55. The number of benzene rings is 1. The van der Waals surface area contributed by atoms with Gasteiger partial charge in [-0.3, -0.25) is 4.79 Å². The molecule has 1 heterocycles. The molecule has 2 aromatic rings. The Hall–Kier alpha value is -1.65. The number of hydrogen-bond donors (Lipinski definition) is 1. The van der Waals surface area contributed by atoms with Crippen LogP contribution in [0, 0.1) is 13.8 Å². The fourth-order valence-electron chi connectivity index (χ4n) is 2.48. The van der Waals surface area contributed by atoms with E-state index in [1.807, 2.05) is 26.0 Å². The molecule has 22 heavy (non-hydrogen) atoms. The first-order chi connectivity index (χ1) is 10.6. The van der Waals surface area contributed by atoms with Crippen molar-refractivity contribution in [2.24, 2.45) is 0 Å². The monoisotopic (exact) mass is 316 g/mol. The minimum atomic E-state index is 0.0487. The largest absolute Gasteiger partial charge is 0.352 e. The van der Waals surface area contributed by atoms with E-state index in [1.54, 1.807) is 11.3 Å². The molecule has 0 fully saturated rings. The van der Waals surface area contributed by atoms with Crippen LogP contribution in [0.4, 0.5) is 0 Å². The van der Waals surface area contributed by atoms with Gasteiger partial charge in [0.25, 0.3) is 5.91 Å². The molecule has 1 N–H and O–H groups in total. The minimum Gasteiger partial charge on any atom is -0.352 e. The van der Waals surface area contributed by atoms with Gasteiger partial charge in [-0.1, -0.05) is 30.3 Å². The first-order valence-corrected chi connectivity index (χ1v) is 8.45. The highest BCUT2D eigenvalue weighted by Gasteiger charge is 2.11. The van der Waals surface area contributed by atoms with Crippen LogP contribution in [-0.4, -0.2) is 30.9 Å². The number of nitrogens with zero attached hydrogens (tertiary/aromatic N) is 1. The zero-order valence-corrected chi connectivity index (χ0v) is 14.4. The third kappa shape index (κ3) is 4.97. The maximum Gasteiger partial charge on any atom is 0.252 e. The highest BCUT2D eigenvalue weighted by atomic mass is 32.1. The van der Waals surface area contributed by atoms with Gasteiger partial charge in [-0.25, -0.2) is 0 Å². The average Bonchev–Trinajstić information content (AvgIpc) is 2.83. The Morgan fingerprint density at radius 2 is 1.95 bits per heavy atom. The van der Waals surface area contributed by atoms with Gasteiger partial charge in [0.05, 0.1) is 5.56 Å². The Morgan fingerprint density at radius 1 is 1.23 bits per heavy atom. The van der Waals surface area contributed by atoms with Crippen LogP contribution >= 0.6 is 11.3 Å². The minimum absolute atomic E-state index is 0.0487. The summed E-state index contributed by atoms with van der Waals surface area (Å²) in [6.07, 6.45) is 0.956. The van der Waals surface area contributed by atoms with Crippen molar-refractivity contribution < 1.29 is 4.79 Å². The van der Waals surface area contributed by atoms with Crippen LogP contribution in [0.15, 0.2) is 36.4 Å². The van der Waals surface area contributed by atoms with Gasteiger partial charge >= 0.3 is 0 Å². The second kappa shape index (κ2) is 8.11. The molecule has 0 bridgehead atoms. The van der Waals surface area contributed by atoms with Gasteiger partial charge in [0.15, 0.2) is 0 Å². The van der Waals surface area contributed by atoms with E-state index in [4.69, 9.17) is 0 Å². The van der Waals surface area contributed by atoms with Crippen LogP contribution in [0.3, 0.4) is 0 Å². The second-order valence-electron chi connectivity index (χ2n) is 5.66. The summed E-state index contributed by atoms with van der Waals surface area (Å²) in [6.45, 7) is 6.66. The van der Waals surface area contributed by atoms with Crippen molar-refractivity contribution in [3.05, 3.63) is 57.3 Å². The highest BCUT2D eigenvalue weighted by Crippen LogP contribution is 2.20. The summed E-state index contributed by atoms with van der Waals surface area (Å²) in [4.78, 5) is 16.7. The lowest BCUT2D eigenvalue weighted by atomic mass is 10.2. The Morgan fingerprint density at radius 3 is 2.59 bits per heavy atom. The molecule has 3 nitrogen and oxygen atoms in total. The average molecular weight is 316 g/mol. The molecule has 0 unspecified atom stereocenters. The molecule has 0 aliphatic carbocycles. The molecular formula is C18H24N2OS. The van der Waals surface area contributed by atoms with Gasteiger partial charge in [-0.2, -0.15) is 0 Å². The maximum atomic E-state index is 12.1. The molecule has 1 aromatic heterocycles. The topological polar surface area (TPSA) is 32.3 Å². The van der Waals surface area contributed by atoms with Crippen molar-refractivity contribution in [3.63, 3.8) is 0 Å². The lowest BCUT2D eigenvalue weighted by Crippen LogP contribution is -2.28. The van der Waals surface area contributed by atoms with E-state index in [-0.39, 0.29) is 5.91 Å². The molecule has 2 rings (SSSR count).